The van der Waals surface area contributed by atoms with Gasteiger partial charge in [0.1, 0.15) is 5.84 Å². The molecular weight excluding hydrogens is 261 g/mol. The van der Waals surface area contributed by atoms with Crippen LogP contribution < -0.4 is 15.2 Å². The quantitative estimate of drug-likeness (QED) is 0.620. The van der Waals surface area contributed by atoms with Crippen LogP contribution in [0.4, 0.5) is 13.2 Å². The molecule has 0 aliphatic carbocycles. The smallest absolute Gasteiger partial charge is 0.392 e. The van der Waals surface area contributed by atoms with Gasteiger partial charge in [-0.05, 0) is 25.1 Å². The Bertz CT molecular complexity index is 447. The molecule has 0 aromatic heterocycles. The van der Waals surface area contributed by atoms with Crippen molar-refractivity contribution in [3.05, 3.63) is 23.8 Å². The van der Waals surface area contributed by atoms with Crippen LogP contribution in [0, 0.1) is 5.41 Å². The van der Waals surface area contributed by atoms with Gasteiger partial charge in [0.05, 0.1) is 19.6 Å². The number of nitrogens with two attached hydrogens (primary N) is 1. The Morgan fingerprint density at radius 1 is 1.26 bits per heavy atom. The van der Waals surface area contributed by atoms with Crippen molar-refractivity contribution in [2.45, 2.75) is 19.5 Å². The summed E-state index contributed by atoms with van der Waals surface area (Å²) < 4.78 is 46.4. The number of ether oxygens (including phenoxy) is 2. The molecule has 0 fully saturated rings. The number of nitrogens with one attached hydrogen (secondary N) is 1. The maximum Gasteiger partial charge on any atom is 0.392 e. The van der Waals surface area contributed by atoms with E-state index in [2.05, 4.69) is 0 Å². The van der Waals surface area contributed by atoms with E-state index in [1.165, 1.54) is 18.2 Å². The van der Waals surface area contributed by atoms with Crippen molar-refractivity contribution in [1.29, 1.82) is 5.41 Å². The Morgan fingerprint density at radius 2 is 1.95 bits per heavy atom. The summed E-state index contributed by atoms with van der Waals surface area (Å²) in [6.07, 6.45) is -5.29. The Labute approximate surface area is 108 Å². The van der Waals surface area contributed by atoms with E-state index in [4.69, 9.17) is 20.6 Å². The van der Waals surface area contributed by atoms with E-state index >= 15 is 0 Å². The van der Waals surface area contributed by atoms with Crippen LogP contribution in [0.5, 0.6) is 11.5 Å². The summed E-state index contributed by atoms with van der Waals surface area (Å²) in [6.45, 7) is 1.58. The average Bonchev–Trinajstić information content (AvgIpc) is 2.29. The zero-order valence-corrected chi connectivity index (χ0v) is 10.4. The van der Waals surface area contributed by atoms with Crippen molar-refractivity contribution < 1.29 is 22.6 Å². The predicted molar refractivity (Wildman–Crippen MR) is 64.8 cm³/mol. The van der Waals surface area contributed by atoms with Crippen LogP contribution in [0.3, 0.4) is 0 Å². The van der Waals surface area contributed by atoms with Gasteiger partial charge in [-0.15, -0.1) is 0 Å². The highest BCUT2D eigenvalue weighted by Gasteiger charge is 2.27. The highest BCUT2D eigenvalue weighted by Crippen LogP contribution is 2.29. The summed E-state index contributed by atoms with van der Waals surface area (Å²) in [5, 5.41) is 7.29. The van der Waals surface area contributed by atoms with Crippen molar-refractivity contribution in [3.63, 3.8) is 0 Å². The minimum absolute atomic E-state index is 0.150. The number of amidine groups is 1. The molecule has 0 unspecified atom stereocenters. The topological polar surface area (TPSA) is 68.3 Å². The van der Waals surface area contributed by atoms with Crippen LogP contribution in [0.2, 0.25) is 0 Å². The number of hydrogen-bond acceptors (Lipinski definition) is 3. The first-order chi connectivity index (χ1) is 8.83. The normalized spacial score (nSPS) is 11.2. The molecule has 0 heterocycles. The number of rotatable bonds is 6. The lowest BCUT2D eigenvalue weighted by Gasteiger charge is -2.13. The van der Waals surface area contributed by atoms with E-state index in [1.807, 2.05) is 0 Å². The summed E-state index contributed by atoms with van der Waals surface area (Å²) in [5.41, 5.74) is 5.75. The molecule has 1 rings (SSSR count). The van der Waals surface area contributed by atoms with Gasteiger partial charge in [-0.2, -0.15) is 13.2 Å². The third kappa shape index (κ3) is 5.07. The molecule has 0 amide bonds. The number of alkyl halides is 3. The van der Waals surface area contributed by atoms with E-state index in [-0.39, 0.29) is 17.3 Å². The Kier molecular flexibility index (Phi) is 5.02. The van der Waals surface area contributed by atoms with Crippen molar-refractivity contribution in [2.75, 3.05) is 13.2 Å². The lowest BCUT2D eigenvalue weighted by molar-refractivity contribution is -0.139. The van der Waals surface area contributed by atoms with Crippen molar-refractivity contribution >= 4 is 5.84 Å². The molecular formula is C12H15F3N2O2. The van der Waals surface area contributed by atoms with Crippen LogP contribution in [0.25, 0.3) is 0 Å². The molecule has 0 radical (unpaired) electrons. The second-order valence-corrected chi connectivity index (χ2v) is 3.72. The molecule has 4 nitrogen and oxygen atoms in total. The lowest BCUT2D eigenvalue weighted by atomic mass is 10.2. The standard InChI is InChI=1S/C12H15F3N2O2/c1-2-18-10-7-8(11(16)17)3-4-9(10)19-6-5-12(13,14)15/h3-4,7H,2,5-6H2,1H3,(H3,16,17). The minimum Gasteiger partial charge on any atom is -0.490 e. The second kappa shape index (κ2) is 6.31. The number of hydrogen-bond donors (Lipinski definition) is 2. The van der Waals surface area contributed by atoms with E-state index in [1.54, 1.807) is 6.92 Å². The molecule has 19 heavy (non-hydrogen) atoms. The van der Waals surface area contributed by atoms with Crippen LogP contribution in [-0.2, 0) is 0 Å². The van der Waals surface area contributed by atoms with Gasteiger partial charge in [-0.3, -0.25) is 5.41 Å². The number of nitrogen functional groups attached to an aromatic ring is 1. The van der Waals surface area contributed by atoms with Crippen molar-refractivity contribution in [3.8, 4) is 11.5 Å². The van der Waals surface area contributed by atoms with Crippen molar-refractivity contribution in [2.24, 2.45) is 5.73 Å². The Hall–Kier alpha value is -1.92. The molecule has 0 aliphatic heterocycles. The van der Waals surface area contributed by atoms with E-state index < -0.39 is 19.2 Å². The Morgan fingerprint density at radius 3 is 2.47 bits per heavy atom. The van der Waals surface area contributed by atoms with Crippen LogP contribution in [-0.4, -0.2) is 25.2 Å². The van der Waals surface area contributed by atoms with E-state index in [9.17, 15) is 13.2 Å². The molecule has 1 aromatic carbocycles. The first kappa shape index (κ1) is 15.1. The number of benzene rings is 1. The molecule has 0 saturated heterocycles. The first-order valence-electron chi connectivity index (χ1n) is 5.64. The van der Waals surface area contributed by atoms with E-state index in [0.29, 0.717) is 12.2 Å². The molecule has 1 aromatic rings. The summed E-state index contributed by atoms with van der Waals surface area (Å²) in [4.78, 5) is 0. The van der Waals surface area contributed by atoms with Gasteiger partial charge >= 0.3 is 6.18 Å². The fourth-order valence-electron chi connectivity index (χ4n) is 1.34. The number of halogens is 3. The first-order valence-corrected chi connectivity index (χ1v) is 5.64. The average molecular weight is 276 g/mol. The van der Waals surface area contributed by atoms with Crippen LogP contribution in [0.1, 0.15) is 18.9 Å². The van der Waals surface area contributed by atoms with Gasteiger partial charge in [0.15, 0.2) is 11.5 Å². The van der Waals surface area contributed by atoms with Gasteiger partial charge in [-0.25, -0.2) is 0 Å². The second-order valence-electron chi connectivity index (χ2n) is 3.72. The van der Waals surface area contributed by atoms with Crippen LogP contribution in [0.15, 0.2) is 18.2 Å². The predicted octanol–water partition coefficient (Wildman–Crippen LogP) is 2.70. The molecule has 0 atom stereocenters. The molecule has 0 aliphatic rings. The molecule has 3 N–H and O–H groups in total. The summed E-state index contributed by atoms with van der Waals surface area (Å²) in [6, 6.07) is 4.40. The van der Waals surface area contributed by atoms with Gasteiger partial charge in [0.2, 0.25) is 0 Å². The minimum atomic E-state index is -4.26. The summed E-state index contributed by atoms with van der Waals surface area (Å²) >= 11 is 0. The fraction of sp³-hybridized carbons (Fsp3) is 0.417. The Balaban J connectivity index is 2.79. The maximum atomic E-state index is 12.0. The molecule has 0 bridgehead atoms. The van der Waals surface area contributed by atoms with Crippen LogP contribution >= 0.6 is 0 Å². The highest BCUT2D eigenvalue weighted by atomic mass is 19.4. The highest BCUT2D eigenvalue weighted by molar-refractivity contribution is 5.95. The molecule has 0 spiro atoms. The zero-order chi connectivity index (χ0) is 14.5. The van der Waals surface area contributed by atoms with Crippen molar-refractivity contribution in [1.82, 2.24) is 0 Å². The fourth-order valence-corrected chi connectivity index (χ4v) is 1.34. The van der Waals surface area contributed by atoms with Gasteiger partial charge in [0, 0.05) is 5.56 Å². The largest absolute Gasteiger partial charge is 0.490 e. The molecule has 7 heteroatoms. The summed E-state index contributed by atoms with van der Waals surface area (Å²) in [5.74, 6) is 0.330. The molecule has 106 valence electrons. The monoisotopic (exact) mass is 276 g/mol. The summed E-state index contributed by atoms with van der Waals surface area (Å²) in [7, 11) is 0. The van der Waals surface area contributed by atoms with Gasteiger partial charge in [-0.1, -0.05) is 0 Å². The SMILES string of the molecule is CCOc1cc(C(=N)N)ccc1OCCC(F)(F)F. The lowest BCUT2D eigenvalue weighted by Crippen LogP contribution is -2.14. The molecule has 0 saturated carbocycles. The van der Waals surface area contributed by atoms with Gasteiger partial charge in [0.25, 0.3) is 0 Å². The third-order valence-corrected chi connectivity index (χ3v) is 2.20. The maximum absolute atomic E-state index is 12.0. The third-order valence-electron chi connectivity index (χ3n) is 2.20. The van der Waals surface area contributed by atoms with Gasteiger partial charge < -0.3 is 15.2 Å². The zero-order valence-electron chi connectivity index (χ0n) is 10.4. The van der Waals surface area contributed by atoms with E-state index in [0.717, 1.165) is 0 Å².